The molecule has 1 aliphatic heterocycles. The van der Waals surface area contributed by atoms with E-state index in [9.17, 15) is 14.4 Å². The molecule has 20 heavy (non-hydrogen) atoms. The van der Waals surface area contributed by atoms with Crippen LogP contribution in [0.1, 0.15) is 25.7 Å². The van der Waals surface area contributed by atoms with Crippen molar-refractivity contribution < 1.29 is 19.5 Å². The third kappa shape index (κ3) is 4.28. The molecule has 7 nitrogen and oxygen atoms in total. The summed E-state index contributed by atoms with van der Waals surface area (Å²) in [5.74, 6) is -0.848. The van der Waals surface area contributed by atoms with Crippen LogP contribution >= 0.6 is 0 Å². The second kappa shape index (κ2) is 6.81. The number of carbonyl (C=O) groups excluding carboxylic acids is 3. The van der Waals surface area contributed by atoms with Gasteiger partial charge in [0.15, 0.2) is 0 Å². The van der Waals surface area contributed by atoms with Crippen molar-refractivity contribution in [3.8, 4) is 0 Å². The van der Waals surface area contributed by atoms with Crippen molar-refractivity contribution in [3.05, 3.63) is 0 Å². The van der Waals surface area contributed by atoms with Gasteiger partial charge in [0.05, 0.1) is 19.7 Å². The molecule has 0 bridgehead atoms. The van der Waals surface area contributed by atoms with Crippen molar-refractivity contribution in [1.82, 2.24) is 15.1 Å². The van der Waals surface area contributed by atoms with E-state index >= 15 is 0 Å². The number of hydrogen-bond acceptors (Lipinski definition) is 5. The molecule has 7 heteroatoms. The van der Waals surface area contributed by atoms with Gasteiger partial charge in [-0.05, 0) is 19.3 Å². The van der Waals surface area contributed by atoms with Gasteiger partial charge in [-0.25, -0.2) is 0 Å². The van der Waals surface area contributed by atoms with Crippen LogP contribution in [0.25, 0.3) is 0 Å². The number of carbonyl (C=O) groups is 3. The number of rotatable bonds is 7. The number of hydrogen-bond donors (Lipinski definition) is 2. The zero-order valence-corrected chi connectivity index (χ0v) is 11.5. The van der Waals surface area contributed by atoms with E-state index in [-0.39, 0.29) is 31.5 Å². The molecular formula is C13H21N3O4. The van der Waals surface area contributed by atoms with Gasteiger partial charge < -0.3 is 10.0 Å². The SMILES string of the molecule is O=C(CN1CCCC1=O)NC(=O)CN(CCO)C1CC1. The van der Waals surface area contributed by atoms with Crippen LogP contribution in [0.5, 0.6) is 0 Å². The van der Waals surface area contributed by atoms with E-state index in [1.54, 1.807) is 0 Å². The van der Waals surface area contributed by atoms with Crippen LogP contribution in [-0.4, -0.2) is 71.5 Å². The first-order valence-electron chi connectivity index (χ1n) is 7.05. The number of imide groups is 1. The molecule has 1 heterocycles. The Bertz CT molecular complexity index is 395. The van der Waals surface area contributed by atoms with E-state index in [1.165, 1.54) is 4.90 Å². The van der Waals surface area contributed by atoms with Crippen molar-refractivity contribution in [2.45, 2.75) is 31.7 Å². The molecule has 1 aliphatic carbocycles. The third-order valence-corrected chi connectivity index (χ3v) is 3.58. The second-order valence-electron chi connectivity index (χ2n) is 5.32. The highest BCUT2D eigenvalue weighted by Gasteiger charge is 2.30. The molecule has 112 valence electrons. The molecular weight excluding hydrogens is 262 g/mol. The van der Waals surface area contributed by atoms with Crippen LogP contribution in [-0.2, 0) is 14.4 Å². The first kappa shape index (κ1) is 14.9. The molecule has 0 aromatic carbocycles. The van der Waals surface area contributed by atoms with Gasteiger partial charge in [-0.1, -0.05) is 0 Å². The summed E-state index contributed by atoms with van der Waals surface area (Å²) in [5, 5.41) is 11.2. The number of nitrogens with zero attached hydrogens (tertiary/aromatic N) is 2. The molecule has 0 aromatic rings. The maximum absolute atomic E-state index is 11.8. The molecule has 2 fully saturated rings. The van der Waals surface area contributed by atoms with Crippen molar-refractivity contribution >= 4 is 17.7 Å². The highest BCUT2D eigenvalue weighted by atomic mass is 16.3. The van der Waals surface area contributed by atoms with Gasteiger partial charge in [0.2, 0.25) is 17.7 Å². The summed E-state index contributed by atoms with van der Waals surface area (Å²) in [5.41, 5.74) is 0. The average molecular weight is 283 g/mol. The lowest BCUT2D eigenvalue weighted by Gasteiger charge is -2.20. The Balaban J connectivity index is 1.72. The molecule has 2 N–H and O–H groups in total. The van der Waals surface area contributed by atoms with Crippen molar-refractivity contribution in [3.63, 3.8) is 0 Å². The number of aliphatic hydroxyl groups excluding tert-OH is 1. The predicted molar refractivity (Wildman–Crippen MR) is 70.6 cm³/mol. The van der Waals surface area contributed by atoms with Gasteiger partial charge in [-0.15, -0.1) is 0 Å². The standard InChI is InChI=1S/C13H21N3O4/c17-7-6-15(10-3-4-10)8-11(18)14-12(19)9-16-5-1-2-13(16)20/h10,17H,1-9H2,(H,14,18,19). The lowest BCUT2D eigenvalue weighted by atomic mass is 10.4. The van der Waals surface area contributed by atoms with Gasteiger partial charge >= 0.3 is 0 Å². The maximum Gasteiger partial charge on any atom is 0.246 e. The topological polar surface area (TPSA) is 90.0 Å². The summed E-state index contributed by atoms with van der Waals surface area (Å²) in [6, 6.07) is 0.350. The zero-order valence-electron chi connectivity index (χ0n) is 11.5. The van der Waals surface area contributed by atoms with Gasteiger partial charge in [0.25, 0.3) is 0 Å². The van der Waals surface area contributed by atoms with Gasteiger partial charge in [-0.3, -0.25) is 24.6 Å². The second-order valence-corrected chi connectivity index (χ2v) is 5.32. The van der Waals surface area contributed by atoms with Gasteiger partial charge in [0, 0.05) is 25.6 Å². The molecule has 2 rings (SSSR count). The van der Waals surface area contributed by atoms with Crippen molar-refractivity contribution in [2.24, 2.45) is 0 Å². The Morgan fingerprint density at radius 2 is 2.10 bits per heavy atom. The summed E-state index contributed by atoms with van der Waals surface area (Å²) in [6.45, 7) is 1.09. The minimum Gasteiger partial charge on any atom is -0.395 e. The van der Waals surface area contributed by atoms with Gasteiger partial charge in [-0.2, -0.15) is 0 Å². The Morgan fingerprint density at radius 3 is 2.65 bits per heavy atom. The lowest BCUT2D eigenvalue weighted by Crippen LogP contribution is -2.45. The van der Waals surface area contributed by atoms with Crippen LogP contribution < -0.4 is 5.32 Å². The average Bonchev–Trinajstić information content (AvgIpc) is 3.15. The summed E-state index contributed by atoms with van der Waals surface area (Å²) < 4.78 is 0. The number of likely N-dealkylation sites (tertiary alicyclic amines) is 1. The van der Waals surface area contributed by atoms with E-state index in [0.717, 1.165) is 19.3 Å². The molecule has 3 amide bonds. The van der Waals surface area contributed by atoms with Crippen molar-refractivity contribution in [2.75, 3.05) is 32.8 Å². The first-order chi connectivity index (χ1) is 9.60. The third-order valence-electron chi connectivity index (χ3n) is 3.58. The summed E-state index contributed by atoms with van der Waals surface area (Å²) in [6.07, 6.45) is 3.31. The molecule has 0 spiro atoms. The Labute approximate surface area is 117 Å². The Morgan fingerprint density at radius 1 is 1.35 bits per heavy atom. The fraction of sp³-hybridized carbons (Fsp3) is 0.769. The fourth-order valence-electron chi connectivity index (χ4n) is 2.42. The largest absolute Gasteiger partial charge is 0.395 e. The number of nitrogens with one attached hydrogen (secondary N) is 1. The summed E-state index contributed by atoms with van der Waals surface area (Å²) >= 11 is 0. The minimum absolute atomic E-state index is 0.00000598. The molecule has 1 saturated heterocycles. The first-order valence-corrected chi connectivity index (χ1v) is 7.05. The molecule has 0 aromatic heterocycles. The van der Waals surface area contributed by atoms with Crippen LogP contribution in [0, 0.1) is 0 Å². The van der Waals surface area contributed by atoms with E-state index < -0.39 is 5.91 Å². The van der Waals surface area contributed by atoms with E-state index in [2.05, 4.69) is 5.32 Å². The Kier molecular flexibility index (Phi) is 5.08. The molecule has 2 aliphatic rings. The van der Waals surface area contributed by atoms with E-state index in [0.29, 0.717) is 25.6 Å². The summed E-state index contributed by atoms with van der Waals surface area (Å²) in [4.78, 5) is 38.2. The van der Waals surface area contributed by atoms with E-state index in [4.69, 9.17) is 5.11 Å². The van der Waals surface area contributed by atoms with Gasteiger partial charge in [0.1, 0.15) is 0 Å². The summed E-state index contributed by atoms with van der Waals surface area (Å²) in [7, 11) is 0. The highest BCUT2D eigenvalue weighted by molar-refractivity contribution is 5.98. The molecule has 0 unspecified atom stereocenters. The minimum atomic E-state index is -0.440. The lowest BCUT2D eigenvalue weighted by molar-refractivity contribution is -0.136. The molecule has 0 radical (unpaired) electrons. The highest BCUT2D eigenvalue weighted by Crippen LogP contribution is 2.25. The predicted octanol–water partition coefficient (Wildman–Crippen LogP) is -1.29. The Hall–Kier alpha value is -1.47. The van der Waals surface area contributed by atoms with Crippen LogP contribution in [0.2, 0.25) is 0 Å². The molecule has 1 saturated carbocycles. The fourth-order valence-corrected chi connectivity index (χ4v) is 2.42. The number of amides is 3. The van der Waals surface area contributed by atoms with Crippen LogP contribution in [0.4, 0.5) is 0 Å². The smallest absolute Gasteiger partial charge is 0.246 e. The normalized spacial score (nSPS) is 18.7. The van der Waals surface area contributed by atoms with Crippen LogP contribution in [0.3, 0.4) is 0 Å². The van der Waals surface area contributed by atoms with Crippen molar-refractivity contribution in [1.29, 1.82) is 0 Å². The quantitative estimate of drug-likeness (QED) is 0.607. The zero-order chi connectivity index (χ0) is 14.5. The molecule has 0 atom stereocenters. The monoisotopic (exact) mass is 283 g/mol. The van der Waals surface area contributed by atoms with Crippen LogP contribution in [0.15, 0.2) is 0 Å². The van der Waals surface area contributed by atoms with E-state index in [1.807, 2.05) is 4.90 Å². The number of aliphatic hydroxyl groups is 1. The maximum atomic E-state index is 11.8.